The maximum atomic E-state index is 11.6. The van der Waals surface area contributed by atoms with Crippen LogP contribution in [0.25, 0.3) is 0 Å². The summed E-state index contributed by atoms with van der Waals surface area (Å²) in [6.07, 6.45) is 4.34. The van der Waals surface area contributed by atoms with Gasteiger partial charge < -0.3 is 20.9 Å². The van der Waals surface area contributed by atoms with Crippen LogP contribution in [0.5, 0.6) is 0 Å². The molecule has 1 heterocycles. The predicted octanol–water partition coefficient (Wildman–Crippen LogP) is 0.646. The fraction of sp³-hybridized carbons (Fsp3) is 0.933. The second-order valence-electron chi connectivity index (χ2n) is 6.37. The highest BCUT2D eigenvalue weighted by atomic mass is 16.1. The van der Waals surface area contributed by atoms with E-state index in [1.165, 1.54) is 19.4 Å². The molecule has 1 aliphatic rings. The number of hydrogen-bond donors (Lipinski definition) is 2. The average molecular weight is 284 g/mol. The highest BCUT2D eigenvalue weighted by molar-refractivity contribution is 5.84. The molecule has 0 aromatic carbocycles. The van der Waals surface area contributed by atoms with Gasteiger partial charge in [0, 0.05) is 12.6 Å². The van der Waals surface area contributed by atoms with Crippen molar-refractivity contribution in [2.45, 2.75) is 51.1 Å². The number of nitrogens with zero attached hydrogens (tertiary/aromatic N) is 2. The summed E-state index contributed by atoms with van der Waals surface area (Å²) in [5.41, 5.74) is 4.94. The van der Waals surface area contributed by atoms with E-state index in [1.807, 2.05) is 13.8 Å². The van der Waals surface area contributed by atoms with E-state index < -0.39 is 5.54 Å². The largest absolute Gasteiger partial charge is 0.368 e. The lowest BCUT2D eigenvalue weighted by Crippen LogP contribution is -2.53. The van der Waals surface area contributed by atoms with Crippen LogP contribution >= 0.6 is 0 Å². The number of carbonyl (C=O) groups excluding carboxylic acids is 1. The molecule has 0 bridgehead atoms. The van der Waals surface area contributed by atoms with E-state index >= 15 is 0 Å². The first-order chi connectivity index (χ1) is 9.39. The Morgan fingerprint density at radius 3 is 2.80 bits per heavy atom. The minimum Gasteiger partial charge on any atom is -0.368 e. The van der Waals surface area contributed by atoms with E-state index in [9.17, 15) is 4.79 Å². The summed E-state index contributed by atoms with van der Waals surface area (Å²) in [6, 6.07) is 0.646. The van der Waals surface area contributed by atoms with E-state index in [1.54, 1.807) is 0 Å². The average Bonchev–Trinajstić information content (AvgIpc) is 2.38. The molecule has 5 heteroatoms. The Bertz CT molecular complexity index is 310. The molecule has 0 radical (unpaired) electrons. The van der Waals surface area contributed by atoms with Gasteiger partial charge in [0.05, 0.1) is 5.54 Å². The van der Waals surface area contributed by atoms with Crippen molar-refractivity contribution in [1.82, 2.24) is 15.1 Å². The summed E-state index contributed by atoms with van der Waals surface area (Å²) < 4.78 is 0. The highest BCUT2D eigenvalue weighted by Crippen LogP contribution is 2.16. The summed E-state index contributed by atoms with van der Waals surface area (Å²) in [5, 5.41) is 3.22. The third-order valence-electron chi connectivity index (χ3n) is 4.52. The van der Waals surface area contributed by atoms with Gasteiger partial charge >= 0.3 is 0 Å². The fourth-order valence-electron chi connectivity index (χ4n) is 3.05. The molecule has 2 unspecified atom stereocenters. The number of rotatable bonds is 8. The maximum Gasteiger partial charge on any atom is 0.237 e. The minimum atomic E-state index is -0.570. The van der Waals surface area contributed by atoms with Crippen molar-refractivity contribution in [3.8, 4) is 0 Å². The van der Waals surface area contributed by atoms with Gasteiger partial charge in [-0.1, -0.05) is 6.92 Å². The quantitative estimate of drug-likeness (QED) is 0.687. The first kappa shape index (κ1) is 17.4. The molecule has 3 N–H and O–H groups in total. The van der Waals surface area contributed by atoms with Gasteiger partial charge in [-0.3, -0.25) is 4.79 Å². The second kappa shape index (κ2) is 7.96. The van der Waals surface area contributed by atoms with Crippen LogP contribution in [0.15, 0.2) is 0 Å². The predicted molar refractivity (Wildman–Crippen MR) is 83.7 cm³/mol. The molecule has 1 aliphatic heterocycles. The normalized spacial score (nSPS) is 23.8. The van der Waals surface area contributed by atoms with Gasteiger partial charge in [0.1, 0.15) is 0 Å². The Morgan fingerprint density at radius 1 is 1.55 bits per heavy atom. The molecule has 0 spiro atoms. The third kappa shape index (κ3) is 5.04. The van der Waals surface area contributed by atoms with Crippen molar-refractivity contribution in [2.75, 3.05) is 40.3 Å². The van der Waals surface area contributed by atoms with E-state index in [0.29, 0.717) is 6.04 Å². The molecule has 1 rings (SSSR count). The second-order valence-corrected chi connectivity index (χ2v) is 6.37. The lowest BCUT2D eigenvalue weighted by atomic mass is 9.94. The zero-order chi connectivity index (χ0) is 15.2. The topological polar surface area (TPSA) is 61.6 Å². The van der Waals surface area contributed by atoms with E-state index in [-0.39, 0.29) is 5.91 Å². The van der Waals surface area contributed by atoms with Gasteiger partial charge in [-0.05, 0) is 66.3 Å². The van der Waals surface area contributed by atoms with Crippen molar-refractivity contribution in [1.29, 1.82) is 0 Å². The standard InChI is InChI=1S/C15H32N4O/c1-5-17-15(2,14(16)20)9-7-11-19(4)13-8-6-10-18(3)12-13/h13,17H,5-12H2,1-4H3,(H2,16,20). The SMILES string of the molecule is CCNC(C)(CCCN(C)C1CCCN(C)C1)C(N)=O. The monoisotopic (exact) mass is 284 g/mol. The first-order valence-corrected chi connectivity index (χ1v) is 7.82. The molecule has 0 aromatic heterocycles. The summed E-state index contributed by atoms with van der Waals surface area (Å²) >= 11 is 0. The van der Waals surface area contributed by atoms with Crippen LogP contribution in [0.1, 0.15) is 39.5 Å². The molecular formula is C15H32N4O. The molecule has 118 valence electrons. The van der Waals surface area contributed by atoms with Gasteiger partial charge in [-0.15, -0.1) is 0 Å². The number of likely N-dealkylation sites (N-methyl/N-ethyl adjacent to an activating group) is 3. The van der Waals surface area contributed by atoms with Crippen molar-refractivity contribution < 1.29 is 4.79 Å². The number of nitrogens with two attached hydrogens (primary N) is 1. The van der Waals surface area contributed by atoms with Gasteiger partial charge in [0.2, 0.25) is 5.91 Å². The highest BCUT2D eigenvalue weighted by Gasteiger charge is 2.29. The van der Waals surface area contributed by atoms with E-state index in [4.69, 9.17) is 5.73 Å². The van der Waals surface area contributed by atoms with Crippen molar-refractivity contribution >= 4 is 5.91 Å². The Hall–Kier alpha value is -0.650. The molecule has 1 saturated heterocycles. The summed E-state index contributed by atoms with van der Waals surface area (Å²) in [5.74, 6) is -0.251. The van der Waals surface area contributed by atoms with Gasteiger partial charge in [-0.2, -0.15) is 0 Å². The van der Waals surface area contributed by atoms with Gasteiger partial charge in [0.25, 0.3) is 0 Å². The number of carbonyl (C=O) groups is 1. The summed E-state index contributed by atoms with van der Waals surface area (Å²) in [7, 11) is 4.38. The molecule has 1 amide bonds. The Morgan fingerprint density at radius 2 is 2.25 bits per heavy atom. The number of piperidine rings is 1. The summed E-state index contributed by atoms with van der Waals surface area (Å²) in [4.78, 5) is 16.4. The molecule has 20 heavy (non-hydrogen) atoms. The lowest BCUT2D eigenvalue weighted by Gasteiger charge is -2.36. The zero-order valence-electron chi connectivity index (χ0n) is 13.6. The Balaban J connectivity index is 2.36. The number of hydrogen-bond acceptors (Lipinski definition) is 4. The molecule has 0 saturated carbocycles. The number of primary amides is 1. The number of likely N-dealkylation sites (tertiary alicyclic amines) is 1. The molecule has 1 fully saturated rings. The molecular weight excluding hydrogens is 252 g/mol. The first-order valence-electron chi connectivity index (χ1n) is 7.82. The number of nitrogens with one attached hydrogen (secondary N) is 1. The van der Waals surface area contributed by atoms with Crippen LogP contribution in [0.3, 0.4) is 0 Å². The fourth-order valence-corrected chi connectivity index (χ4v) is 3.05. The smallest absolute Gasteiger partial charge is 0.237 e. The van der Waals surface area contributed by atoms with Crippen LogP contribution in [-0.2, 0) is 4.79 Å². The van der Waals surface area contributed by atoms with Crippen LogP contribution in [-0.4, -0.2) is 67.6 Å². The summed E-state index contributed by atoms with van der Waals surface area (Å²) in [6.45, 7) is 8.06. The van der Waals surface area contributed by atoms with E-state index in [0.717, 1.165) is 32.5 Å². The van der Waals surface area contributed by atoms with Crippen molar-refractivity contribution in [2.24, 2.45) is 5.73 Å². The van der Waals surface area contributed by atoms with Crippen LogP contribution in [0, 0.1) is 0 Å². The Labute approximate surface area is 123 Å². The zero-order valence-corrected chi connectivity index (χ0v) is 13.6. The van der Waals surface area contributed by atoms with Crippen molar-refractivity contribution in [3.05, 3.63) is 0 Å². The maximum absolute atomic E-state index is 11.6. The van der Waals surface area contributed by atoms with Crippen LogP contribution in [0.4, 0.5) is 0 Å². The molecule has 0 aliphatic carbocycles. The Kier molecular flexibility index (Phi) is 6.92. The number of amides is 1. The van der Waals surface area contributed by atoms with Gasteiger partial charge in [-0.25, -0.2) is 0 Å². The molecule has 0 aromatic rings. The lowest BCUT2D eigenvalue weighted by molar-refractivity contribution is -0.124. The minimum absolute atomic E-state index is 0.251. The van der Waals surface area contributed by atoms with Gasteiger partial charge in [0.15, 0.2) is 0 Å². The van der Waals surface area contributed by atoms with E-state index in [2.05, 4.69) is 29.2 Å². The van der Waals surface area contributed by atoms with Crippen LogP contribution < -0.4 is 11.1 Å². The van der Waals surface area contributed by atoms with Crippen molar-refractivity contribution in [3.63, 3.8) is 0 Å². The third-order valence-corrected chi connectivity index (χ3v) is 4.52. The van der Waals surface area contributed by atoms with Crippen LogP contribution in [0.2, 0.25) is 0 Å². The molecule has 5 nitrogen and oxygen atoms in total. The molecule has 2 atom stereocenters.